The number of piperidine rings is 1. The molecule has 3 saturated heterocycles. The number of fused-ring (bicyclic) bond motifs is 1. The number of hydrogen-bond donors (Lipinski definition) is 4. The second-order valence-electron chi connectivity index (χ2n) is 13.4. The number of nitrogens with zero attached hydrogens (tertiary/aromatic N) is 2. The summed E-state index contributed by atoms with van der Waals surface area (Å²) in [6.07, 6.45) is -5.56. The summed E-state index contributed by atoms with van der Waals surface area (Å²) in [5, 5.41) is 18.3. The van der Waals surface area contributed by atoms with Gasteiger partial charge in [-0.15, -0.1) is 0 Å². The van der Waals surface area contributed by atoms with E-state index in [0.717, 1.165) is 6.42 Å². The first-order chi connectivity index (χ1) is 18.9. The quantitative estimate of drug-likeness (QED) is 0.318. The van der Waals surface area contributed by atoms with Crippen molar-refractivity contribution in [2.75, 3.05) is 26.2 Å². The molecule has 41 heavy (non-hydrogen) atoms. The smallest absolute Gasteiger partial charge is 0.381 e. The van der Waals surface area contributed by atoms with Gasteiger partial charge in [-0.25, -0.2) is 0 Å². The lowest BCUT2D eigenvalue weighted by Crippen LogP contribution is -2.62. The highest BCUT2D eigenvalue weighted by Crippen LogP contribution is 2.65. The lowest BCUT2D eigenvalue weighted by molar-refractivity contribution is -0.176. The predicted octanol–water partition coefficient (Wildman–Crippen LogP) is 0.167. The Labute approximate surface area is 236 Å². The van der Waals surface area contributed by atoms with E-state index in [0.29, 0.717) is 26.1 Å². The minimum absolute atomic E-state index is 0.00271. The van der Waals surface area contributed by atoms with E-state index in [1.54, 1.807) is 0 Å². The maximum absolute atomic E-state index is 13.9. The van der Waals surface area contributed by atoms with Crippen molar-refractivity contribution in [1.29, 1.82) is 0 Å². The number of carbonyl (C=O) groups is 5. The van der Waals surface area contributed by atoms with E-state index in [4.69, 9.17) is 0 Å². The number of rotatable bonds is 8. The highest BCUT2D eigenvalue weighted by Gasteiger charge is 2.70. The molecule has 4 aliphatic rings. The third-order valence-electron chi connectivity index (χ3n) is 9.24. The van der Waals surface area contributed by atoms with Crippen LogP contribution in [0.3, 0.4) is 0 Å². The van der Waals surface area contributed by atoms with E-state index >= 15 is 0 Å². The van der Waals surface area contributed by atoms with Crippen molar-refractivity contribution in [2.45, 2.75) is 84.3 Å². The zero-order chi connectivity index (χ0) is 30.7. The molecule has 0 aromatic rings. The predicted molar refractivity (Wildman–Crippen MR) is 139 cm³/mol. The number of carbonyl (C=O) groups excluding carboxylic acids is 5. The van der Waals surface area contributed by atoms with Gasteiger partial charge in [0.25, 0.3) is 5.91 Å². The van der Waals surface area contributed by atoms with Crippen LogP contribution in [-0.2, 0) is 24.0 Å². The molecule has 4 N–H and O–H groups in total. The SMILES string of the molecule is CC1(C)C2CN(C(=O)[C@@H](NC(=O)C(F)(F)F)C(C)(C)C)C(C(=O)N[C@@H](C[C@@H]3CCNC3=O)C(O)C(=O)N3CCC3)C21. The number of amides is 5. The zero-order valence-electron chi connectivity index (χ0n) is 24.0. The van der Waals surface area contributed by atoms with Crippen LogP contribution >= 0.6 is 0 Å². The van der Waals surface area contributed by atoms with Crippen LogP contribution in [0.2, 0.25) is 0 Å². The van der Waals surface area contributed by atoms with E-state index in [1.165, 1.54) is 30.6 Å². The van der Waals surface area contributed by atoms with Gasteiger partial charge in [-0.1, -0.05) is 34.6 Å². The van der Waals surface area contributed by atoms with Crippen molar-refractivity contribution in [1.82, 2.24) is 25.8 Å². The Bertz CT molecular complexity index is 1100. The van der Waals surface area contributed by atoms with Crippen LogP contribution in [0.1, 0.15) is 53.9 Å². The number of aliphatic hydroxyl groups excluding tert-OH is 1. The van der Waals surface area contributed by atoms with Crippen molar-refractivity contribution in [2.24, 2.45) is 28.6 Å². The molecule has 0 bridgehead atoms. The molecule has 4 unspecified atom stereocenters. The van der Waals surface area contributed by atoms with Crippen molar-refractivity contribution in [3.05, 3.63) is 0 Å². The molecular weight excluding hydrogens is 547 g/mol. The number of likely N-dealkylation sites (tertiary alicyclic amines) is 2. The standard InChI is InChI=1S/C27H40F3N5O6/c1-25(2,3)19(33-24(41)27(28,29)30)23(40)35-12-14-16(26(14,4)5)17(35)21(38)32-15(11-13-7-8-31-20(13)37)18(36)22(39)34-9-6-10-34/h13-19,36H,6-12H2,1-5H3,(H,31,37)(H,32,38)(H,33,41)/t13-,14?,15-,16?,17?,18?,19+/m0/s1. The number of alkyl halides is 3. The van der Waals surface area contributed by atoms with E-state index < -0.39 is 65.4 Å². The molecule has 3 heterocycles. The third kappa shape index (κ3) is 6.02. The summed E-state index contributed by atoms with van der Waals surface area (Å²) < 4.78 is 39.3. The summed E-state index contributed by atoms with van der Waals surface area (Å²) in [5.74, 6) is -5.49. The van der Waals surface area contributed by atoms with Crippen LogP contribution < -0.4 is 16.0 Å². The van der Waals surface area contributed by atoms with Gasteiger partial charge < -0.3 is 30.9 Å². The second-order valence-corrected chi connectivity index (χ2v) is 13.4. The van der Waals surface area contributed by atoms with E-state index in [1.807, 2.05) is 19.2 Å². The van der Waals surface area contributed by atoms with Gasteiger partial charge in [0.1, 0.15) is 12.1 Å². The van der Waals surface area contributed by atoms with Gasteiger partial charge >= 0.3 is 12.1 Å². The van der Waals surface area contributed by atoms with E-state index in [-0.39, 0.29) is 36.1 Å². The van der Waals surface area contributed by atoms with Gasteiger partial charge in [-0.2, -0.15) is 13.2 Å². The zero-order valence-corrected chi connectivity index (χ0v) is 24.0. The molecule has 230 valence electrons. The van der Waals surface area contributed by atoms with Crippen molar-refractivity contribution >= 4 is 29.5 Å². The lowest BCUT2D eigenvalue weighted by atomic mass is 9.85. The molecule has 0 spiro atoms. The summed E-state index contributed by atoms with van der Waals surface area (Å²) in [7, 11) is 0. The Hall–Kier alpha value is -2.90. The second kappa shape index (κ2) is 10.7. The van der Waals surface area contributed by atoms with Crippen molar-refractivity contribution < 1.29 is 42.3 Å². The van der Waals surface area contributed by atoms with E-state index in [2.05, 4.69) is 10.6 Å². The number of nitrogens with one attached hydrogen (secondary N) is 3. The first-order valence-corrected chi connectivity index (χ1v) is 14.1. The number of aliphatic hydroxyl groups is 1. The minimum atomic E-state index is -5.20. The molecule has 4 fully saturated rings. The van der Waals surface area contributed by atoms with E-state index in [9.17, 15) is 42.3 Å². The molecule has 0 aromatic carbocycles. The molecule has 11 nitrogen and oxygen atoms in total. The topological polar surface area (TPSA) is 148 Å². The van der Waals surface area contributed by atoms with Crippen molar-refractivity contribution in [3.63, 3.8) is 0 Å². The fourth-order valence-electron chi connectivity index (χ4n) is 6.45. The third-order valence-corrected chi connectivity index (χ3v) is 9.24. The molecule has 0 radical (unpaired) electrons. The first kappa shape index (κ1) is 31.0. The molecule has 0 aromatic heterocycles. The van der Waals surface area contributed by atoms with Crippen LogP contribution in [-0.4, -0.2) is 101 Å². The fourth-order valence-corrected chi connectivity index (χ4v) is 6.45. The average Bonchev–Trinajstić information content (AvgIpc) is 3.16. The Morgan fingerprint density at radius 2 is 1.73 bits per heavy atom. The van der Waals surface area contributed by atoms with Crippen LogP contribution in [0.5, 0.6) is 0 Å². The average molecular weight is 588 g/mol. The minimum Gasteiger partial charge on any atom is -0.381 e. The van der Waals surface area contributed by atoms with Crippen LogP contribution in [0.4, 0.5) is 13.2 Å². The maximum atomic E-state index is 13.9. The molecule has 1 aliphatic carbocycles. The van der Waals surface area contributed by atoms with Gasteiger partial charge in [-0.05, 0) is 41.9 Å². The van der Waals surface area contributed by atoms with Gasteiger partial charge in [0.2, 0.25) is 17.7 Å². The largest absolute Gasteiger partial charge is 0.471 e. The monoisotopic (exact) mass is 587 g/mol. The van der Waals surface area contributed by atoms with Crippen LogP contribution in [0.25, 0.3) is 0 Å². The van der Waals surface area contributed by atoms with Gasteiger partial charge in [0.15, 0.2) is 6.10 Å². The molecule has 7 atom stereocenters. The fraction of sp³-hybridized carbons (Fsp3) is 0.815. The Morgan fingerprint density at radius 3 is 2.22 bits per heavy atom. The molecule has 3 aliphatic heterocycles. The molecular formula is C27H40F3N5O6. The Balaban J connectivity index is 1.58. The first-order valence-electron chi connectivity index (χ1n) is 14.1. The highest BCUT2D eigenvalue weighted by atomic mass is 19.4. The highest BCUT2D eigenvalue weighted by molar-refractivity contribution is 5.95. The summed E-state index contributed by atoms with van der Waals surface area (Å²) >= 11 is 0. The summed E-state index contributed by atoms with van der Waals surface area (Å²) in [5.41, 5.74) is -1.45. The summed E-state index contributed by atoms with van der Waals surface area (Å²) in [6, 6.07) is -3.78. The molecule has 1 saturated carbocycles. The van der Waals surface area contributed by atoms with Crippen LogP contribution in [0, 0.1) is 28.6 Å². The summed E-state index contributed by atoms with van der Waals surface area (Å²) in [4.78, 5) is 67.3. The molecule has 14 heteroatoms. The Morgan fingerprint density at radius 1 is 1.10 bits per heavy atom. The van der Waals surface area contributed by atoms with Gasteiger partial charge in [-0.3, -0.25) is 24.0 Å². The Kier molecular flexibility index (Phi) is 8.13. The maximum Gasteiger partial charge on any atom is 0.471 e. The number of halogens is 3. The molecule has 4 rings (SSSR count). The molecule has 5 amide bonds. The van der Waals surface area contributed by atoms with Gasteiger partial charge in [0, 0.05) is 32.1 Å². The summed E-state index contributed by atoms with van der Waals surface area (Å²) in [6.45, 7) is 9.89. The lowest BCUT2D eigenvalue weighted by Gasteiger charge is -2.39. The van der Waals surface area contributed by atoms with Gasteiger partial charge in [0.05, 0.1) is 6.04 Å². The normalized spacial score (nSPS) is 29.0. The van der Waals surface area contributed by atoms with Crippen molar-refractivity contribution in [3.8, 4) is 0 Å². The van der Waals surface area contributed by atoms with Crippen LogP contribution in [0.15, 0.2) is 0 Å². The number of hydrogen-bond acceptors (Lipinski definition) is 6.